The zero-order chi connectivity index (χ0) is 27.2. The summed E-state index contributed by atoms with van der Waals surface area (Å²) in [5.41, 5.74) is 0.729. The van der Waals surface area contributed by atoms with Crippen molar-refractivity contribution in [2.75, 3.05) is 58.8 Å². The fourth-order valence-electron chi connectivity index (χ4n) is 4.43. The van der Waals surface area contributed by atoms with E-state index in [1.54, 1.807) is 27.8 Å². The van der Waals surface area contributed by atoms with Crippen molar-refractivity contribution in [2.45, 2.75) is 13.0 Å². The van der Waals surface area contributed by atoms with Crippen LogP contribution in [0, 0.1) is 12.3 Å². The van der Waals surface area contributed by atoms with Crippen molar-refractivity contribution in [1.82, 2.24) is 24.3 Å². The van der Waals surface area contributed by atoms with Crippen molar-refractivity contribution in [3.8, 4) is 35.0 Å². The molecule has 1 amide bonds. The molecule has 1 fully saturated rings. The van der Waals surface area contributed by atoms with E-state index in [0.29, 0.717) is 60.1 Å². The van der Waals surface area contributed by atoms with Gasteiger partial charge in [0.05, 0.1) is 36.4 Å². The van der Waals surface area contributed by atoms with E-state index < -0.39 is 0 Å². The molecule has 1 N–H and O–H groups in total. The zero-order valence-electron chi connectivity index (χ0n) is 21.2. The van der Waals surface area contributed by atoms with Crippen molar-refractivity contribution < 1.29 is 14.3 Å². The van der Waals surface area contributed by atoms with Gasteiger partial charge in [0.25, 0.3) is 5.56 Å². The molecule has 12 heteroatoms. The summed E-state index contributed by atoms with van der Waals surface area (Å²) >= 11 is 13.3. The van der Waals surface area contributed by atoms with Gasteiger partial charge in [-0.05, 0) is 19.0 Å². The third kappa shape index (κ3) is 5.65. The van der Waals surface area contributed by atoms with Crippen LogP contribution in [0.5, 0.6) is 11.5 Å². The minimum Gasteiger partial charge on any atom is -0.495 e. The van der Waals surface area contributed by atoms with Crippen LogP contribution in [0.2, 0.25) is 10.0 Å². The van der Waals surface area contributed by atoms with Gasteiger partial charge >= 0.3 is 0 Å². The number of terminal acetylenes is 1. The number of halogens is 2. The van der Waals surface area contributed by atoms with Crippen LogP contribution in [0.4, 0.5) is 5.95 Å². The summed E-state index contributed by atoms with van der Waals surface area (Å²) in [6.45, 7) is 4.33. The van der Waals surface area contributed by atoms with Crippen LogP contribution in [-0.2, 0) is 11.3 Å². The molecule has 10 nitrogen and oxygen atoms in total. The number of benzene rings is 1. The molecule has 1 aliphatic heterocycles. The molecule has 0 radical (unpaired) electrons. The summed E-state index contributed by atoms with van der Waals surface area (Å²) in [6, 6.07) is 3.24. The lowest BCUT2D eigenvalue weighted by atomic mass is 10.0. The van der Waals surface area contributed by atoms with Gasteiger partial charge in [0, 0.05) is 55.9 Å². The highest BCUT2D eigenvalue weighted by Crippen LogP contribution is 2.45. The van der Waals surface area contributed by atoms with Gasteiger partial charge in [-0.3, -0.25) is 19.1 Å². The lowest BCUT2D eigenvalue weighted by Gasteiger charge is -2.32. The second kappa shape index (κ2) is 12.3. The van der Waals surface area contributed by atoms with Crippen LogP contribution in [-0.4, -0.2) is 84.2 Å². The minimum atomic E-state index is -0.316. The zero-order valence-corrected chi connectivity index (χ0v) is 22.7. The Kier molecular flexibility index (Phi) is 8.94. The molecule has 1 aromatic carbocycles. The molecule has 1 aliphatic rings. The molecule has 0 spiro atoms. The molecule has 38 heavy (non-hydrogen) atoms. The number of fused-ring (bicyclic) bond motifs is 1. The number of hydrogen-bond donors (Lipinski definition) is 1. The number of methoxy groups -OCH3 is 2. The van der Waals surface area contributed by atoms with Crippen molar-refractivity contribution >= 4 is 46.6 Å². The average Bonchev–Trinajstić information content (AvgIpc) is 2.94. The number of pyridine rings is 1. The first-order chi connectivity index (χ1) is 18.4. The molecule has 0 bridgehead atoms. The Bertz CT molecular complexity index is 1400. The molecule has 0 atom stereocenters. The van der Waals surface area contributed by atoms with E-state index in [1.165, 1.54) is 14.2 Å². The molecule has 0 saturated carbocycles. The maximum Gasteiger partial charge on any atom is 0.260 e. The van der Waals surface area contributed by atoms with Crippen LogP contribution in [0.15, 0.2) is 23.1 Å². The Morgan fingerprint density at radius 3 is 2.39 bits per heavy atom. The highest BCUT2D eigenvalue weighted by atomic mass is 35.5. The number of hydrogen-bond acceptors (Lipinski definition) is 8. The lowest BCUT2D eigenvalue weighted by Crippen LogP contribution is -2.46. The number of nitrogens with zero attached hydrogens (tertiary/aromatic N) is 5. The topological polar surface area (TPSA) is 102 Å². The molecule has 0 aliphatic carbocycles. The molecule has 4 rings (SSSR count). The van der Waals surface area contributed by atoms with Crippen molar-refractivity contribution in [1.29, 1.82) is 0 Å². The van der Waals surface area contributed by atoms with Gasteiger partial charge in [-0.25, -0.2) is 4.98 Å². The van der Waals surface area contributed by atoms with Crippen LogP contribution in [0.25, 0.3) is 22.2 Å². The monoisotopic (exact) mass is 558 g/mol. The number of ether oxygens (including phenoxy) is 2. The molecule has 200 valence electrons. The van der Waals surface area contributed by atoms with E-state index in [4.69, 9.17) is 39.1 Å². The largest absolute Gasteiger partial charge is 0.495 e. The van der Waals surface area contributed by atoms with Gasteiger partial charge in [0.2, 0.25) is 12.4 Å². The molecule has 2 aromatic heterocycles. The van der Waals surface area contributed by atoms with E-state index in [9.17, 15) is 9.59 Å². The van der Waals surface area contributed by atoms with Gasteiger partial charge in [0.1, 0.15) is 17.1 Å². The molecule has 0 unspecified atom stereocenters. The second-order valence-electron chi connectivity index (χ2n) is 8.67. The van der Waals surface area contributed by atoms with Crippen LogP contribution in [0.1, 0.15) is 6.42 Å². The van der Waals surface area contributed by atoms with E-state index in [0.717, 1.165) is 26.0 Å². The normalized spacial score (nSPS) is 13.8. The Morgan fingerprint density at radius 2 is 1.79 bits per heavy atom. The smallest absolute Gasteiger partial charge is 0.260 e. The van der Waals surface area contributed by atoms with E-state index in [-0.39, 0.29) is 27.7 Å². The number of carbonyl (C=O) groups is 1. The number of piperazine rings is 1. The van der Waals surface area contributed by atoms with E-state index in [2.05, 4.69) is 26.1 Å². The SMILES string of the molecule is C#CCNc1ncc2cc(-c3c(Cl)c(OC)cc(OC)c3Cl)c(=O)n(CCCN3CCN(C=O)CC3)c2n1. The summed E-state index contributed by atoms with van der Waals surface area (Å²) in [5, 5.41) is 3.97. The first-order valence-electron chi connectivity index (χ1n) is 12.0. The molecule has 3 heterocycles. The Morgan fingerprint density at radius 1 is 1.11 bits per heavy atom. The number of rotatable bonds is 10. The van der Waals surface area contributed by atoms with E-state index >= 15 is 0 Å². The Hall–Kier alpha value is -3.52. The van der Waals surface area contributed by atoms with Gasteiger partial charge in [0.15, 0.2) is 0 Å². The van der Waals surface area contributed by atoms with Crippen molar-refractivity contribution in [2.24, 2.45) is 0 Å². The van der Waals surface area contributed by atoms with Gasteiger partial charge in [-0.1, -0.05) is 29.1 Å². The predicted molar refractivity (Wildman–Crippen MR) is 148 cm³/mol. The fraction of sp³-hybridized carbons (Fsp3) is 0.385. The number of aryl methyl sites for hydroxylation is 1. The Labute approximate surface area is 230 Å². The summed E-state index contributed by atoms with van der Waals surface area (Å²) in [6.07, 6.45) is 8.54. The number of anilines is 1. The highest BCUT2D eigenvalue weighted by Gasteiger charge is 2.23. The lowest BCUT2D eigenvalue weighted by molar-refractivity contribution is -0.119. The summed E-state index contributed by atoms with van der Waals surface area (Å²) < 4.78 is 12.4. The van der Waals surface area contributed by atoms with Crippen LogP contribution >= 0.6 is 23.2 Å². The summed E-state index contributed by atoms with van der Waals surface area (Å²) in [5.74, 6) is 3.46. The standard InChI is InChI=1S/C26H28Cl2N6O4/c1-4-6-29-26-30-15-17-13-18(21-22(27)19(37-2)14-20(38-3)23(21)28)25(36)34(24(17)31-26)8-5-7-32-9-11-33(16-35)12-10-32/h1,13-16H,5-12H2,2-3H3,(H,29,30,31). The maximum atomic E-state index is 14.0. The van der Waals surface area contributed by atoms with Gasteiger partial charge in [-0.2, -0.15) is 4.98 Å². The quantitative estimate of drug-likeness (QED) is 0.299. The van der Waals surface area contributed by atoms with Crippen molar-refractivity contribution in [3.05, 3.63) is 38.7 Å². The fourth-order valence-corrected chi connectivity index (χ4v) is 5.13. The first-order valence-corrected chi connectivity index (χ1v) is 12.8. The molecular formula is C26H28Cl2N6O4. The van der Waals surface area contributed by atoms with Crippen LogP contribution in [0.3, 0.4) is 0 Å². The minimum absolute atomic E-state index is 0.197. The number of amides is 1. The average molecular weight is 559 g/mol. The maximum absolute atomic E-state index is 14.0. The first kappa shape index (κ1) is 27.5. The van der Waals surface area contributed by atoms with Crippen LogP contribution < -0.4 is 20.3 Å². The number of carbonyl (C=O) groups excluding carboxylic acids is 1. The highest BCUT2D eigenvalue weighted by molar-refractivity contribution is 6.41. The number of aromatic nitrogens is 3. The van der Waals surface area contributed by atoms with Gasteiger partial charge < -0.3 is 19.7 Å². The van der Waals surface area contributed by atoms with Crippen molar-refractivity contribution in [3.63, 3.8) is 0 Å². The third-order valence-electron chi connectivity index (χ3n) is 6.43. The summed E-state index contributed by atoms with van der Waals surface area (Å²) in [4.78, 5) is 37.9. The number of nitrogens with one attached hydrogen (secondary N) is 1. The molecule has 1 saturated heterocycles. The predicted octanol–water partition coefficient (Wildman–Crippen LogP) is 2.99. The Balaban J connectivity index is 1.78. The third-order valence-corrected chi connectivity index (χ3v) is 7.18. The molecular weight excluding hydrogens is 531 g/mol. The second-order valence-corrected chi connectivity index (χ2v) is 9.42. The van der Waals surface area contributed by atoms with Gasteiger partial charge in [-0.15, -0.1) is 6.42 Å². The summed E-state index contributed by atoms with van der Waals surface area (Å²) in [7, 11) is 2.95. The van der Waals surface area contributed by atoms with E-state index in [1.807, 2.05) is 0 Å². The molecule has 3 aromatic rings.